The van der Waals surface area contributed by atoms with E-state index in [1.54, 1.807) is 6.92 Å². The summed E-state index contributed by atoms with van der Waals surface area (Å²) in [5, 5.41) is 5.89. The van der Waals surface area contributed by atoms with Gasteiger partial charge in [0.1, 0.15) is 0 Å². The largest absolute Gasteiger partial charge is 0.449 e. The van der Waals surface area contributed by atoms with Crippen molar-refractivity contribution in [2.45, 2.75) is 38.7 Å². The third kappa shape index (κ3) is 4.36. The molecule has 2 aromatic heterocycles. The lowest BCUT2D eigenvalue weighted by molar-refractivity contribution is -0.123. The molecule has 4 aromatic rings. The van der Waals surface area contributed by atoms with Crippen molar-refractivity contribution in [3.63, 3.8) is 0 Å². The summed E-state index contributed by atoms with van der Waals surface area (Å²) in [6, 6.07) is 17.3. The van der Waals surface area contributed by atoms with Crippen LogP contribution in [0.4, 0.5) is 5.13 Å². The molecule has 0 saturated carbocycles. The molecular formula is C26H23N3O3S. The zero-order valence-corrected chi connectivity index (χ0v) is 19.0. The lowest BCUT2D eigenvalue weighted by atomic mass is 9.90. The normalized spacial score (nSPS) is 13.8. The molecule has 1 N–H and O–H groups in total. The number of carbonyl (C=O) groups excluding carboxylic acids is 2. The summed E-state index contributed by atoms with van der Waals surface area (Å²) in [4.78, 5) is 35.2. The number of para-hydroxylation sites is 1. The molecule has 2 heterocycles. The van der Waals surface area contributed by atoms with E-state index in [4.69, 9.17) is 9.72 Å². The maximum absolute atomic E-state index is 13.2. The zero-order valence-electron chi connectivity index (χ0n) is 18.2. The van der Waals surface area contributed by atoms with Crippen molar-refractivity contribution in [3.8, 4) is 11.3 Å². The summed E-state index contributed by atoms with van der Waals surface area (Å²) in [6.07, 6.45) is 2.75. The molecule has 0 radical (unpaired) electrons. The molecule has 1 aliphatic carbocycles. The van der Waals surface area contributed by atoms with Crippen LogP contribution >= 0.6 is 11.3 Å². The number of carbonyl (C=O) groups is 2. The number of esters is 1. The number of nitrogens with zero attached hydrogens (tertiary/aromatic N) is 2. The van der Waals surface area contributed by atoms with Crippen LogP contribution in [0.2, 0.25) is 0 Å². The van der Waals surface area contributed by atoms with Crippen LogP contribution in [0.3, 0.4) is 0 Å². The number of anilines is 1. The smallest absolute Gasteiger partial charge is 0.339 e. The van der Waals surface area contributed by atoms with Crippen LogP contribution in [0, 0.1) is 0 Å². The quantitative estimate of drug-likeness (QED) is 0.405. The number of thiazole rings is 1. The van der Waals surface area contributed by atoms with Crippen molar-refractivity contribution in [1.82, 2.24) is 9.97 Å². The summed E-state index contributed by atoms with van der Waals surface area (Å²) >= 11 is 1.33. The van der Waals surface area contributed by atoms with Gasteiger partial charge < -0.3 is 4.74 Å². The third-order valence-corrected chi connectivity index (χ3v) is 6.59. The maximum atomic E-state index is 13.2. The highest BCUT2D eigenvalue weighted by molar-refractivity contribution is 7.14. The van der Waals surface area contributed by atoms with Crippen molar-refractivity contribution in [2.24, 2.45) is 0 Å². The van der Waals surface area contributed by atoms with Crippen LogP contribution in [0.15, 0.2) is 60.0 Å². The fourth-order valence-corrected chi connectivity index (χ4v) is 4.88. The monoisotopic (exact) mass is 457 g/mol. The second kappa shape index (κ2) is 9.11. The van der Waals surface area contributed by atoms with Crippen molar-refractivity contribution in [2.75, 3.05) is 5.32 Å². The van der Waals surface area contributed by atoms with Gasteiger partial charge in [0.25, 0.3) is 5.91 Å². The van der Waals surface area contributed by atoms with Gasteiger partial charge in [0, 0.05) is 22.0 Å². The van der Waals surface area contributed by atoms with Crippen LogP contribution in [0.1, 0.15) is 41.4 Å². The number of nitrogens with one attached hydrogen (secondary N) is 1. The highest BCUT2D eigenvalue weighted by Gasteiger charge is 2.26. The average Bonchev–Trinajstić information content (AvgIpc) is 3.31. The van der Waals surface area contributed by atoms with Crippen LogP contribution in [-0.2, 0) is 22.4 Å². The topological polar surface area (TPSA) is 81.2 Å². The summed E-state index contributed by atoms with van der Waals surface area (Å²) in [7, 11) is 0. The van der Waals surface area contributed by atoms with Crippen molar-refractivity contribution >= 4 is 39.2 Å². The number of aryl methyl sites for hydroxylation is 1. The SMILES string of the molecule is C[C@@H](OC(=O)c1c2c(nc3ccccc13)CCCC2)C(=O)Nc1nc(-c2ccccc2)cs1. The minimum atomic E-state index is -0.965. The fraction of sp³-hybridized carbons (Fsp3) is 0.231. The molecule has 1 aliphatic rings. The first kappa shape index (κ1) is 21.3. The van der Waals surface area contributed by atoms with E-state index in [0.717, 1.165) is 59.1 Å². The highest BCUT2D eigenvalue weighted by Crippen LogP contribution is 2.30. The van der Waals surface area contributed by atoms with Gasteiger partial charge in [-0.3, -0.25) is 15.1 Å². The molecule has 7 heteroatoms. The summed E-state index contributed by atoms with van der Waals surface area (Å²) in [5.74, 6) is -0.900. The summed E-state index contributed by atoms with van der Waals surface area (Å²) < 4.78 is 5.63. The van der Waals surface area contributed by atoms with E-state index in [2.05, 4.69) is 10.3 Å². The molecule has 5 rings (SSSR count). The van der Waals surface area contributed by atoms with Gasteiger partial charge in [0.05, 0.1) is 16.8 Å². The molecular weight excluding hydrogens is 434 g/mol. The predicted molar refractivity (Wildman–Crippen MR) is 129 cm³/mol. The second-order valence-corrected chi connectivity index (χ2v) is 8.94. The molecule has 2 aromatic carbocycles. The van der Waals surface area contributed by atoms with Gasteiger partial charge >= 0.3 is 5.97 Å². The van der Waals surface area contributed by atoms with Gasteiger partial charge in [-0.2, -0.15) is 0 Å². The number of fused-ring (bicyclic) bond motifs is 2. The first-order chi connectivity index (χ1) is 16.1. The van der Waals surface area contributed by atoms with E-state index in [9.17, 15) is 9.59 Å². The molecule has 166 valence electrons. The van der Waals surface area contributed by atoms with E-state index in [1.165, 1.54) is 11.3 Å². The maximum Gasteiger partial charge on any atom is 0.339 e. The van der Waals surface area contributed by atoms with E-state index in [0.29, 0.717) is 10.7 Å². The molecule has 6 nitrogen and oxygen atoms in total. The molecule has 0 fully saturated rings. The van der Waals surface area contributed by atoms with Crippen LogP contribution in [-0.4, -0.2) is 27.9 Å². The first-order valence-corrected chi connectivity index (χ1v) is 11.9. The molecule has 1 amide bonds. The van der Waals surface area contributed by atoms with Crippen LogP contribution in [0.25, 0.3) is 22.2 Å². The number of ether oxygens (including phenoxy) is 1. The predicted octanol–water partition coefficient (Wildman–Crippen LogP) is 5.42. The Morgan fingerprint density at radius 1 is 1.00 bits per heavy atom. The molecule has 0 unspecified atom stereocenters. The van der Waals surface area contributed by atoms with Gasteiger partial charge in [-0.25, -0.2) is 9.78 Å². The Balaban J connectivity index is 1.34. The van der Waals surface area contributed by atoms with E-state index < -0.39 is 18.0 Å². The number of rotatable bonds is 5. The van der Waals surface area contributed by atoms with Gasteiger partial charge in [-0.1, -0.05) is 48.5 Å². The Bertz CT molecular complexity index is 1330. The highest BCUT2D eigenvalue weighted by atomic mass is 32.1. The molecule has 0 saturated heterocycles. The summed E-state index contributed by atoms with van der Waals surface area (Å²) in [6.45, 7) is 1.58. The lowest BCUT2D eigenvalue weighted by Gasteiger charge is -2.21. The van der Waals surface area contributed by atoms with Crippen molar-refractivity contribution in [3.05, 3.63) is 76.8 Å². The number of benzene rings is 2. The average molecular weight is 458 g/mol. The minimum absolute atomic E-state index is 0.412. The Morgan fingerprint density at radius 2 is 1.76 bits per heavy atom. The van der Waals surface area contributed by atoms with Gasteiger partial charge in [-0.15, -0.1) is 11.3 Å². The van der Waals surface area contributed by atoms with Crippen LogP contribution in [0.5, 0.6) is 0 Å². The molecule has 33 heavy (non-hydrogen) atoms. The molecule has 1 atom stereocenters. The lowest BCUT2D eigenvalue weighted by Crippen LogP contribution is -2.30. The van der Waals surface area contributed by atoms with Gasteiger partial charge in [-0.05, 0) is 44.2 Å². The van der Waals surface area contributed by atoms with Crippen molar-refractivity contribution < 1.29 is 14.3 Å². The third-order valence-electron chi connectivity index (χ3n) is 5.83. The Hall–Kier alpha value is -3.58. The number of hydrogen-bond donors (Lipinski definition) is 1. The van der Waals surface area contributed by atoms with Crippen molar-refractivity contribution in [1.29, 1.82) is 0 Å². The van der Waals surface area contributed by atoms with E-state index in [-0.39, 0.29) is 0 Å². The Labute approximate surface area is 195 Å². The molecule has 0 spiro atoms. The standard InChI is InChI=1S/C26H23N3O3S/c1-16(24(30)29-26-28-22(15-33-26)17-9-3-2-4-10-17)32-25(31)23-18-11-5-7-13-20(18)27-21-14-8-6-12-19(21)23/h2-5,7,9-11,13,15-16H,6,8,12,14H2,1H3,(H,28,29,30)/t16-/m1/s1. The number of aromatic nitrogens is 2. The zero-order chi connectivity index (χ0) is 22.8. The van der Waals surface area contributed by atoms with Gasteiger partial charge in [0.15, 0.2) is 11.2 Å². The van der Waals surface area contributed by atoms with E-state index >= 15 is 0 Å². The molecule has 0 bridgehead atoms. The number of amides is 1. The Morgan fingerprint density at radius 3 is 2.61 bits per heavy atom. The number of pyridine rings is 1. The van der Waals surface area contributed by atoms with E-state index in [1.807, 2.05) is 60.0 Å². The van der Waals surface area contributed by atoms with Gasteiger partial charge in [0.2, 0.25) is 0 Å². The fourth-order valence-electron chi connectivity index (χ4n) is 4.16. The Kier molecular flexibility index (Phi) is 5.88. The molecule has 0 aliphatic heterocycles. The number of hydrogen-bond acceptors (Lipinski definition) is 6. The minimum Gasteiger partial charge on any atom is -0.449 e. The summed E-state index contributed by atoms with van der Waals surface area (Å²) in [5.41, 5.74) is 4.98. The second-order valence-electron chi connectivity index (χ2n) is 8.08. The first-order valence-electron chi connectivity index (χ1n) is 11.0. The van der Waals surface area contributed by atoms with Crippen LogP contribution < -0.4 is 5.32 Å².